The first kappa shape index (κ1) is 22.0. The van der Waals surface area contributed by atoms with E-state index >= 15 is 0 Å². The summed E-state index contributed by atoms with van der Waals surface area (Å²) in [6.45, 7) is 5.39. The van der Waals surface area contributed by atoms with Crippen LogP contribution in [0.2, 0.25) is 5.02 Å². The molecule has 3 heterocycles. The van der Waals surface area contributed by atoms with Crippen LogP contribution in [0.5, 0.6) is 5.75 Å². The lowest BCUT2D eigenvalue weighted by atomic mass is 10.2. The molecule has 0 radical (unpaired) electrons. The molecule has 7 nitrogen and oxygen atoms in total. The van der Waals surface area contributed by atoms with Crippen molar-refractivity contribution in [1.82, 2.24) is 19.7 Å². The highest BCUT2D eigenvalue weighted by molar-refractivity contribution is 7.09. The number of hydrogen-bond donors (Lipinski definition) is 0. The van der Waals surface area contributed by atoms with Crippen LogP contribution in [0, 0.1) is 0 Å². The zero-order valence-electron chi connectivity index (χ0n) is 17.5. The summed E-state index contributed by atoms with van der Waals surface area (Å²) < 4.78 is 5.72. The van der Waals surface area contributed by atoms with Gasteiger partial charge in [0.05, 0.1) is 18.7 Å². The van der Waals surface area contributed by atoms with Gasteiger partial charge >= 0.3 is 0 Å². The monoisotopic (exact) mass is 462 g/mol. The van der Waals surface area contributed by atoms with Gasteiger partial charge in [-0.15, -0.1) is 11.3 Å². The summed E-state index contributed by atoms with van der Waals surface area (Å²) in [6.07, 6.45) is 2.52. The summed E-state index contributed by atoms with van der Waals surface area (Å²) in [6, 6.07) is 7.20. The fourth-order valence-corrected chi connectivity index (χ4v) is 4.68. The third-order valence-corrected chi connectivity index (χ3v) is 6.77. The van der Waals surface area contributed by atoms with Gasteiger partial charge in [-0.05, 0) is 37.1 Å². The topological polar surface area (TPSA) is 66.0 Å². The Labute approximate surface area is 191 Å². The highest BCUT2D eigenvalue weighted by atomic mass is 35.5. The number of piperazine rings is 1. The number of ether oxygens (including phenoxy) is 1. The van der Waals surface area contributed by atoms with Crippen molar-refractivity contribution < 1.29 is 14.3 Å². The molecular weight excluding hydrogens is 436 g/mol. The summed E-state index contributed by atoms with van der Waals surface area (Å²) >= 11 is 7.38. The molecule has 0 atom stereocenters. The van der Waals surface area contributed by atoms with Crippen molar-refractivity contribution in [1.29, 1.82) is 0 Å². The third kappa shape index (κ3) is 6.18. The van der Waals surface area contributed by atoms with E-state index in [4.69, 9.17) is 16.3 Å². The van der Waals surface area contributed by atoms with E-state index in [1.807, 2.05) is 27.3 Å². The second-order valence-corrected chi connectivity index (χ2v) is 9.28. The van der Waals surface area contributed by atoms with E-state index in [2.05, 4.69) is 9.88 Å². The highest BCUT2D eigenvalue weighted by Crippen LogP contribution is 2.19. The molecule has 0 saturated carbocycles. The molecule has 31 heavy (non-hydrogen) atoms. The maximum atomic E-state index is 12.7. The maximum absolute atomic E-state index is 12.7. The highest BCUT2D eigenvalue weighted by Gasteiger charge is 2.25. The molecule has 0 bridgehead atoms. The first-order valence-electron chi connectivity index (χ1n) is 10.7. The SMILES string of the molecule is O=C(Cc1csc(COc2ccc(Cl)cc2)n1)N1CCN(CC(=O)N2CCCC2)CC1. The van der Waals surface area contributed by atoms with Crippen LogP contribution in [0.4, 0.5) is 0 Å². The Morgan fingerprint density at radius 2 is 1.65 bits per heavy atom. The van der Waals surface area contributed by atoms with E-state index in [1.54, 1.807) is 12.1 Å². The van der Waals surface area contributed by atoms with E-state index < -0.39 is 0 Å². The summed E-state index contributed by atoms with van der Waals surface area (Å²) in [4.78, 5) is 35.5. The molecule has 0 unspecified atom stereocenters. The Hall–Kier alpha value is -2.16. The van der Waals surface area contributed by atoms with Crippen LogP contribution in [-0.2, 0) is 22.6 Å². The largest absolute Gasteiger partial charge is 0.486 e. The second-order valence-electron chi connectivity index (χ2n) is 7.90. The molecule has 2 fully saturated rings. The minimum absolute atomic E-state index is 0.0842. The third-order valence-electron chi connectivity index (χ3n) is 5.65. The fourth-order valence-electron chi connectivity index (χ4n) is 3.85. The van der Waals surface area contributed by atoms with Crippen molar-refractivity contribution in [2.45, 2.75) is 25.9 Å². The van der Waals surface area contributed by atoms with Crippen LogP contribution in [0.15, 0.2) is 29.6 Å². The molecule has 166 valence electrons. The maximum Gasteiger partial charge on any atom is 0.236 e. The second kappa shape index (κ2) is 10.4. The molecule has 2 amide bonds. The number of halogens is 1. The Balaban J connectivity index is 1.19. The van der Waals surface area contributed by atoms with Crippen molar-refractivity contribution in [3.05, 3.63) is 45.4 Å². The Kier molecular flexibility index (Phi) is 7.42. The summed E-state index contributed by atoms with van der Waals surface area (Å²) in [5.74, 6) is 1.03. The van der Waals surface area contributed by atoms with Gasteiger partial charge in [-0.3, -0.25) is 14.5 Å². The van der Waals surface area contributed by atoms with Crippen LogP contribution >= 0.6 is 22.9 Å². The van der Waals surface area contributed by atoms with Crippen molar-refractivity contribution >= 4 is 34.8 Å². The van der Waals surface area contributed by atoms with Gasteiger partial charge in [-0.1, -0.05) is 11.6 Å². The number of nitrogens with zero attached hydrogens (tertiary/aromatic N) is 4. The summed E-state index contributed by atoms with van der Waals surface area (Å²) in [7, 11) is 0. The molecule has 1 aromatic heterocycles. The molecule has 0 aliphatic carbocycles. The smallest absolute Gasteiger partial charge is 0.236 e. The van der Waals surface area contributed by atoms with Crippen LogP contribution in [0.25, 0.3) is 0 Å². The molecule has 9 heteroatoms. The van der Waals surface area contributed by atoms with Gasteiger partial charge in [0.15, 0.2) is 0 Å². The van der Waals surface area contributed by atoms with Crippen LogP contribution in [-0.4, -0.2) is 77.3 Å². The quantitative estimate of drug-likeness (QED) is 0.633. The number of hydrogen-bond acceptors (Lipinski definition) is 6. The average Bonchev–Trinajstić information content (AvgIpc) is 3.46. The normalized spacial score (nSPS) is 17.2. The number of aromatic nitrogens is 1. The van der Waals surface area contributed by atoms with Gasteiger partial charge in [-0.25, -0.2) is 4.98 Å². The minimum Gasteiger partial charge on any atom is -0.486 e. The predicted molar refractivity (Wildman–Crippen MR) is 120 cm³/mol. The Morgan fingerprint density at radius 1 is 0.968 bits per heavy atom. The zero-order chi connectivity index (χ0) is 21.6. The molecule has 0 N–H and O–H groups in total. The van der Waals surface area contributed by atoms with Crippen molar-refractivity contribution in [2.75, 3.05) is 45.8 Å². The molecule has 1 aromatic carbocycles. The van der Waals surface area contributed by atoms with E-state index in [1.165, 1.54) is 11.3 Å². The molecule has 2 aliphatic heterocycles. The predicted octanol–water partition coefficient (Wildman–Crippen LogP) is 2.68. The van der Waals surface area contributed by atoms with E-state index in [0.717, 1.165) is 55.5 Å². The van der Waals surface area contributed by atoms with Crippen molar-refractivity contribution in [3.8, 4) is 5.75 Å². The lowest BCUT2D eigenvalue weighted by Gasteiger charge is -2.35. The van der Waals surface area contributed by atoms with Gasteiger partial charge in [0.25, 0.3) is 0 Å². The average molecular weight is 463 g/mol. The van der Waals surface area contributed by atoms with E-state index in [9.17, 15) is 9.59 Å². The van der Waals surface area contributed by atoms with Crippen molar-refractivity contribution in [2.24, 2.45) is 0 Å². The van der Waals surface area contributed by atoms with Crippen LogP contribution < -0.4 is 4.74 Å². The van der Waals surface area contributed by atoms with Crippen LogP contribution in [0.1, 0.15) is 23.5 Å². The lowest BCUT2D eigenvalue weighted by molar-refractivity contribution is -0.134. The van der Waals surface area contributed by atoms with Gasteiger partial charge in [-0.2, -0.15) is 0 Å². The summed E-state index contributed by atoms with van der Waals surface area (Å²) in [5, 5.41) is 3.42. The molecule has 4 rings (SSSR count). The molecule has 2 aromatic rings. The minimum atomic E-state index is 0.0842. The standard InChI is InChI=1S/C22H27ClN4O3S/c23-17-3-5-19(6-4-17)30-15-20-24-18(16-31-20)13-21(28)27-11-9-25(10-12-27)14-22(29)26-7-1-2-8-26/h3-6,16H,1-2,7-15H2. The number of likely N-dealkylation sites (tertiary alicyclic amines) is 1. The van der Waals surface area contributed by atoms with E-state index in [0.29, 0.717) is 37.7 Å². The number of carbonyl (C=O) groups excluding carboxylic acids is 2. The molecule has 0 spiro atoms. The molecule has 2 saturated heterocycles. The fraction of sp³-hybridized carbons (Fsp3) is 0.500. The summed E-state index contributed by atoms with van der Waals surface area (Å²) in [5.41, 5.74) is 0.774. The zero-order valence-corrected chi connectivity index (χ0v) is 19.0. The van der Waals surface area contributed by atoms with Gasteiger partial charge < -0.3 is 14.5 Å². The van der Waals surface area contributed by atoms with Crippen LogP contribution in [0.3, 0.4) is 0 Å². The lowest BCUT2D eigenvalue weighted by Crippen LogP contribution is -2.51. The molecule has 2 aliphatic rings. The van der Waals surface area contributed by atoms with Gasteiger partial charge in [0.1, 0.15) is 17.4 Å². The Morgan fingerprint density at radius 3 is 2.35 bits per heavy atom. The molecular formula is C22H27ClN4O3S. The number of rotatable bonds is 7. The first-order chi connectivity index (χ1) is 15.1. The first-order valence-corrected chi connectivity index (χ1v) is 11.9. The number of benzene rings is 1. The number of amides is 2. The van der Waals surface area contributed by atoms with Gasteiger partial charge in [0, 0.05) is 49.7 Å². The van der Waals surface area contributed by atoms with Crippen molar-refractivity contribution in [3.63, 3.8) is 0 Å². The number of thiazole rings is 1. The Bertz CT molecular complexity index is 890. The number of carbonyl (C=O) groups is 2. The van der Waals surface area contributed by atoms with E-state index in [-0.39, 0.29) is 11.8 Å². The van der Waals surface area contributed by atoms with Gasteiger partial charge in [0.2, 0.25) is 11.8 Å².